The SMILES string of the molecule is CC(C)Cn1c(CN2CCNC(C(=O)NC3CC3)C2)nc2ccccc21. The molecule has 2 fully saturated rings. The molecule has 2 aromatic rings. The van der Waals surface area contributed by atoms with Gasteiger partial charge < -0.3 is 15.2 Å². The van der Waals surface area contributed by atoms with Gasteiger partial charge in [-0.2, -0.15) is 0 Å². The fraction of sp³-hybridized carbons (Fsp3) is 0.600. The summed E-state index contributed by atoms with van der Waals surface area (Å²) in [7, 11) is 0. The molecule has 1 atom stereocenters. The van der Waals surface area contributed by atoms with E-state index in [-0.39, 0.29) is 11.9 Å². The van der Waals surface area contributed by atoms with E-state index >= 15 is 0 Å². The van der Waals surface area contributed by atoms with Crippen molar-refractivity contribution >= 4 is 16.9 Å². The zero-order chi connectivity index (χ0) is 18.1. The van der Waals surface area contributed by atoms with Crippen molar-refractivity contribution in [2.75, 3.05) is 19.6 Å². The van der Waals surface area contributed by atoms with Crippen LogP contribution in [0.2, 0.25) is 0 Å². The first-order chi connectivity index (χ1) is 12.6. The van der Waals surface area contributed by atoms with Gasteiger partial charge in [0.05, 0.1) is 23.6 Å². The number of nitrogens with zero attached hydrogens (tertiary/aromatic N) is 3. The van der Waals surface area contributed by atoms with Gasteiger partial charge in [-0.1, -0.05) is 26.0 Å². The Morgan fingerprint density at radius 3 is 2.92 bits per heavy atom. The van der Waals surface area contributed by atoms with Crippen LogP contribution < -0.4 is 10.6 Å². The number of benzene rings is 1. The van der Waals surface area contributed by atoms with E-state index in [1.807, 2.05) is 6.07 Å². The number of carbonyl (C=O) groups excluding carboxylic acids is 1. The quantitative estimate of drug-likeness (QED) is 0.829. The van der Waals surface area contributed by atoms with E-state index in [0.717, 1.165) is 56.9 Å². The topological polar surface area (TPSA) is 62.2 Å². The van der Waals surface area contributed by atoms with Crippen molar-refractivity contribution in [2.24, 2.45) is 5.92 Å². The van der Waals surface area contributed by atoms with Crippen LogP contribution >= 0.6 is 0 Å². The van der Waals surface area contributed by atoms with Crippen LogP contribution in [0, 0.1) is 5.92 Å². The Morgan fingerprint density at radius 1 is 1.35 bits per heavy atom. The Labute approximate surface area is 155 Å². The lowest BCUT2D eigenvalue weighted by atomic mass is 10.2. The van der Waals surface area contributed by atoms with Crippen molar-refractivity contribution in [1.29, 1.82) is 0 Å². The molecule has 0 spiro atoms. The largest absolute Gasteiger partial charge is 0.352 e. The molecule has 4 rings (SSSR count). The molecule has 1 amide bonds. The van der Waals surface area contributed by atoms with E-state index in [2.05, 4.69) is 52.1 Å². The van der Waals surface area contributed by atoms with Crippen molar-refractivity contribution in [3.63, 3.8) is 0 Å². The molecule has 26 heavy (non-hydrogen) atoms. The summed E-state index contributed by atoms with van der Waals surface area (Å²) in [6, 6.07) is 8.65. The number of carbonyl (C=O) groups is 1. The molecule has 1 unspecified atom stereocenters. The normalized spacial score (nSPS) is 21.4. The first-order valence-electron chi connectivity index (χ1n) is 9.80. The smallest absolute Gasteiger partial charge is 0.238 e. The van der Waals surface area contributed by atoms with E-state index in [1.165, 1.54) is 5.52 Å². The molecule has 1 aromatic heterocycles. The second-order valence-electron chi connectivity index (χ2n) is 8.05. The average Bonchev–Trinajstić information content (AvgIpc) is 3.38. The third-order valence-electron chi connectivity index (χ3n) is 5.15. The zero-order valence-corrected chi connectivity index (χ0v) is 15.7. The number of fused-ring (bicyclic) bond motifs is 1. The highest BCUT2D eigenvalue weighted by atomic mass is 16.2. The summed E-state index contributed by atoms with van der Waals surface area (Å²) in [6.45, 7) is 8.75. The fourth-order valence-electron chi connectivity index (χ4n) is 3.67. The summed E-state index contributed by atoms with van der Waals surface area (Å²) in [5, 5.41) is 6.48. The molecule has 0 bridgehead atoms. The fourth-order valence-corrected chi connectivity index (χ4v) is 3.67. The van der Waals surface area contributed by atoms with Gasteiger partial charge >= 0.3 is 0 Å². The van der Waals surface area contributed by atoms with Crippen molar-refractivity contribution < 1.29 is 4.79 Å². The highest BCUT2D eigenvalue weighted by Crippen LogP contribution is 2.21. The number of para-hydroxylation sites is 2. The Balaban J connectivity index is 1.49. The van der Waals surface area contributed by atoms with Crippen molar-refractivity contribution in [2.45, 2.75) is 51.9 Å². The molecule has 2 N–H and O–H groups in total. The van der Waals surface area contributed by atoms with Crippen LogP contribution in [0.5, 0.6) is 0 Å². The third-order valence-corrected chi connectivity index (χ3v) is 5.15. The van der Waals surface area contributed by atoms with Gasteiger partial charge in [0.2, 0.25) is 5.91 Å². The van der Waals surface area contributed by atoms with E-state index in [1.54, 1.807) is 0 Å². The number of piperazine rings is 1. The average molecular weight is 355 g/mol. The molecule has 2 aliphatic rings. The monoisotopic (exact) mass is 355 g/mol. The maximum atomic E-state index is 12.4. The summed E-state index contributed by atoms with van der Waals surface area (Å²) in [4.78, 5) is 19.6. The predicted molar refractivity (Wildman–Crippen MR) is 103 cm³/mol. The van der Waals surface area contributed by atoms with Gasteiger partial charge in [0, 0.05) is 32.2 Å². The standard InChI is InChI=1S/C20H29N5O/c1-14(2)11-25-18-6-4-3-5-16(18)23-19(25)13-24-10-9-21-17(12-24)20(26)22-15-7-8-15/h3-6,14-15,17,21H,7-13H2,1-2H3,(H,22,26). The molecule has 140 valence electrons. The molecule has 2 heterocycles. The van der Waals surface area contributed by atoms with E-state index in [4.69, 9.17) is 4.98 Å². The summed E-state index contributed by atoms with van der Waals surface area (Å²) in [5.41, 5.74) is 2.26. The Kier molecular flexibility index (Phi) is 4.96. The molecular formula is C20H29N5O. The zero-order valence-electron chi connectivity index (χ0n) is 15.7. The molecule has 1 saturated carbocycles. The van der Waals surface area contributed by atoms with Crippen LogP contribution in [0.25, 0.3) is 11.0 Å². The molecule has 1 aliphatic heterocycles. The minimum atomic E-state index is -0.118. The lowest BCUT2D eigenvalue weighted by Crippen LogP contribution is -2.57. The molecule has 6 nitrogen and oxygen atoms in total. The Morgan fingerprint density at radius 2 is 2.15 bits per heavy atom. The number of hydrogen-bond donors (Lipinski definition) is 2. The van der Waals surface area contributed by atoms with E-state index in [9.17, 15) is 4.79 Å². The van der Waals surface area contributed by atoms with Crippen LogP contribution in [0.15, 0.2) is 24.3 Å². The molecule has 1 saturated heterocycles. The highest BCUT2D eigenvalue weighted by Gasteiger charge is 2.30. The first kappa shape index (κ1) is 17.5. The molecule has 0 radical (unpaired) electrons. The highest BCUT2D eigenvalue weighted by molar-refractivity contribution is 5.82. The minimum Gasteiger partial charge on any atom is -0.352 e. The molecule has 1 aromatic carbocycles. The van der Waals surface area contributed by atoms with Crippen molar-refractivity contribution in [3.8, 4) is 0 Å². The van der Waals surface area contributed by atoms with Gasteiger partial charge in [0.15, 0.2) is 0 Å². The predicted octanol–water partition coefficient (Wildman–Crippen LogP) is 1.74. The Hall–Kier alpha value is -1.92. The molecule has 1 aliphatic carbocycles. The van der Waals surface area contributed by atoms with Gasteiger partial charge in [-0.15, -0.1) is 0 Å². The molecular weight excluding hydrogens is 326 g/mol. The second kappa shape index (κ2) is 7.37. The van der Waals surface area contributed by atoms with E-state index < -0.39 is 0 Å². The maximum Gasteiger partial charge on any atom is 0.238 e. The summed E-state index contributed by atoms with van der Waals surface area (Å²) in [6.07, 6.45) is 2.25. The van der Waals surface area contributed by atoms with Crippen molar-refractivity contribution in [1.82, 2.24) is 25.1 Å². The number of nitrogens with one attached hydrogen (secondary N) is 2. The van der Waals surface area contributed by atoms with Crippen LogP contribution in [0.1, 0.15) is 32.5 Å². The van der Waals surface area contributed by atoms with E-state index in [0.29, 0.717) is 12.0 Å². The van der Waals surface area contributed by atoms with Crippen LogP contribution in [-0.2, 0) is 17.9 Å². The summed E-state index contributed by atoms with van der Waals surface area (Å²) >= 11 is 0. The number of rotatable bonds is 6. The lowest BCUT2D eigenvalue weighted by Gasteiger charge is -2.32. The number of imidazole rings is 1. The van der Waals surface area contributed by atoms with Gasteiger partial charge in [-0.3, -0.25) is 9.69 Å². The van der Waals surface area contributed by atoms with Gasteiger partial charge in [-0.05, 0) is 30.9 Å². The van der Waals surface area contributed by atoms with Crippen LogP contribution in [-0.4, -0.2) is 52.1 Å². The van der Waals surface area contributed by atoms with Crippen LogP contribution in [0.3, 0.4) is 0 Å². The minimum absolute atomic E-state index is 0.118. The van der Waals surface area contributed by atoms with Crippen molar-refractivity contribution in [3.05, 3.63) is 30.1 Å². The Bertz CT molecular complexity index is 780. The molecule has 6 heteroatoms. The number of hydrogen-bond acceptors (Lipinski definition) is 4. The van der Waals surface area contributed by atoms with Gasteiger partial charge in [0.25, 0.3) is 0 Å². The number of aromatic nitrogens is 2. The third kappa shape index (κ3) is 3.91. The van der Waals surface area contributed by atoms with Crippen LogP contribution in [0.4, 0.5) is 0 Å². The van der Waals surface area contributed by atoms with Gasteiger partial charge in [0.1, 0.15) is 5.82 Å². The first-order valence-corrected chi connectivity index (χ1v) is 9.80. The lowest BCUT2D eigenvalue weighted by molar-refractivity contribution is -0.124. The summed E-state index contributed by atoms with van der Waals surface area (Å²) < 4.78 is 2.35. The maximum absolute atomic E-state index is 12.4. The van der Waals surface area contributed by atoms with Gasteiger partial charge in [-0.25, -0.2) is 4.98 Å². The number of amides is 1. The summed E-state index contributed by atoms with van der Waals surface area (Å²) in [5.74, 6) is 1.81. The second-order valence-corrected chi connectivity index (χ2v) is 8.05.